The summed E-state index contributed by atoms with van der Waals surface area (Å²) in [6.45, 7) is 0.794. The number of hydrogen-bond donors (Lipinski definition) is 2. The fourth-order valence-corrected chi connectivity index (χ4v) is 6.36. The summed E-state index contributed by atoms with van der Waals surface area (Å²) in [6, 6.07) is 0.119. The molecule has 3 atom stereocenters. The van der Waals surface area contributed by atoms with Gasteiger partial charge in [-0.05, 0) is 43.9 Å². The maximum atomic E-state index is 11.7. The van der Waals surface area contributed by atoms with E-state index >= 15 is 0 Å². The molecule has 116 valence electrons. The summed E-state index contributed by atoms with van der Waals surface area (Å²) in [5, 5.41) is 0. The molecule has 0 bridgehead atoms. The molecule has 1 aliphatic carbocycles. The van der Waals surface area contributed by atoms with Crippen molar-refractivity contribution in [3.05, 3.63) is 0 Å². The van der Waals surface area contributed by atoms with Crippen molar-refractivity contribution in [2.24, 2.45) is 17.7 Å². The topological polar surface area (TPSA) is 81.4 Å². The van der Waals surface area contributed by atoms with Crippen molar-refractivity contribution in [2.75, 3.05) is 18.1 Å². The van der Waals surface area contributed by atoms with Crippen LogP contribution in [0.4, 0.5) is 0 Å². The number of hydrogen-bond acceptors (Lipinski definition) is 5. The normalized spacial score (nSPS) is 37.2. The number of hydrazine groups is 1. The molecule has 6 heteroatoms. The molecule has 3 fully saturated rings. The average molecular weight is 302 g/mol. The minimum absolute atomic E-state index is 0.0650. The van der Waals surface area contributed by atoms with E-state index in [1.54, 1.807) is 0 Å². The van der Waals surface area contributed by atoms with Crippen LogP contribution < -0.4 is 11.3 Å². The molecule has 3 unspecified atom stereocenters. The Hall–Kier alpha value is -0.170. The van der Waals surface area contributed by atoms with E-state index in [2.05, 4.69) is 5.43 Å². The third kappa shape index (κ3) is 2.89. The molecule has 3 rings (SSSR count). The standard InChI is InChI=1S/C14H26N2O3S/c15-16-13(12-4-8-20(17,18)10-12)11-3-7-19-14(9-11)5-1-2-6-14/h11-13,16H,1-10,15H2. The van der Waals surface area contributed by atoms with Crippen LogP contribution in [-0.2, 0) is 14.6 Å². The second-order valence-electron chi connectivity index (χ2n) is 6.85. The Morgan fingerprint density at radius 3 is 2.55 bits per heavy atom. The third-order valence-electron chi connectivity index (χ3n) is 5.52. The maximum absolute atomic E-state index is 11.7. The van der Waals surface area contributed by atoms with E-state index in [0.29, 0.717) is 17.4 Å². The van der Waals surface area contributed by atoms with Crippen LogP contribution in [0.3, 0.4) is 0 Å². The Morgan fingerprint density at radius 2 is 1.95 bits per heavy atom. The molecule has 2 heterocycles. The van der Waals surface area contributed by atoms with Gasteiger partial charge in [-0.15, -0.1) is 0 Å². The van der Waals surface area contributed by atoms with Gasteiger partial charge in [-0.1, -0.05) is 12.8 Å². The number of rotatable bonds is 3. The van der Waals surface area contributed by atoms with Crippen LogP contribution >= 0.6 is 0 Å². The van der Waals surface area contributed by atoms with Gasteiger partial charge in [0.25, 0.3) is 0 Å². The van der Waals surface area contributed by atoms with Gasteiger partial charge in [0.2, 0.25) is 0 Å². The lowest BCUT2D eigenvalue weighted by molar-refractivity contribution is -0.100. The van der Waals surface area contributed by atoms with Gasteiger partial charge in [-0.2, -0.15) is 0 Å². The van der Waals surface area contributed by atoms with E-state index in [4.69, 9.17) is 10.6 Å². The molecule has 3 aliphatic rings. The van der Waals surface area contributed by atoms with Gasteiger partial charge in [0, 0.05) is 12.6 Å². The Morgan fingerprint density at radius 1 is 1.20 bits per heavy atom. The Bertz CT molecular complexity index is 445. The smallest absolute Gasteiger partial charge is 0.150 e. The van der Waals surface area contributed by atoms with Crippen LogP contribution in [0.2, 0.25) is 0 Å². The molecule has 0 amide bonds. The van der Waals surface area contributed by atoms with Crippen LogP contribution in [0, 0.1) is 11.8 Å². The van der Waals surface area contributed by atoms with Crippen molar-refractivity contribution >= 4 is 9.84 Å². The van der Waals surface area contributed by atoms with Crippen molar-refractivity contribution < 1.29 is 13.2 Å². The van der Waals surface area contributed by atoms with E-state index < -0.39 is 9.84 Å². The Balaban J connectivity index is 1.69. The van der Waals surface area contributed by atoms with Crippen LogP contribution in [0.5, 0.6) is 0 Å². The maximum Gasteiger partial charge on any atom is 0.150 e. The molecule has 0 aromatic heterocycles. The van der Waals surface area contributed by atoms with Crippen molar-refractivity contribution in [3.8, 4) is 0 Å². The number of sulfone groups is 1. The predicted molar refractivity (Wildman–Crippen MR) is 77.7 cm³/mol. The molecule has 0 aromatic rings. The zero-order valence-electron chi connectivity index (χ0n) is 12.0. The highest BCUT2D eigenvalue weighted by molar-refractivity contribution is 7.91. The lowest BCUT2D eigenvalue weighted by atomic mass is 9.76. The molecule has 20 heavy (non-hydrogen) atoms. The first-order valence-electron chi connectivity index (χ1n) is 7.84. The zero-order valence-corrected chi connectivity index (χ0v) is 12.8. The van der Waals surface area contributed by atoms with Crippen molar-refractivity contribution in [2.45, 2.75) is 56.6 Å². The second kappa shape index (κ2) is 5.55. The summed E-state index contributed by atoms with van der Waals surface area (Å²) >= 11 is 0. The molecule has 1 saturated carbocycles. The largest absolute Gasteiger partial charge is 0.375 e. The van der Waals surface area contributed by atoms with E-state index in [1.165, 1.54) is 12.8 Å². The molecule has 0 aromatic carbocycles. The quantitative estimate of drug-likeness (QED) is 0.600. The van der Waals surface area contributed by atoms with Gasteiger partial charge in [0.1, 0.15) is 0 Å². The van der Waals surface area contributed by atoms with Crippen molar-refractivity contribution in [1.82, 2.24) is 5.43 Å². The average Bonchev–Trinajstić information content (AvgIpc) is 2.98. The minimum Gasteiger partial charge on any atom is -0.375 e. The molecule has 0 radical (unpaired) electrons. The predicted octanol–water partition coefficient (Wildman–Crippen LogP) is 0.992. The molecular weight excluding hydrogens is 276 g/mol. The highest BCUT2D eigenvalue weighted by Crippen LogP contribution is 2.44. The summed E-state index contributed by atoms with van der Waals surface area (Å²) in [5.74, 6) is 7.02. The molecular formula is C14H26N2O3S. The summed E-state index contributed by atoms with van der Waals surface area (Å²) in [5.41, 5.74) is 3.00. The molecule has 5 nitrogen and oxygen atoms in total. The first kappa shape index (κ1) is 14.8. The van der Waals surface area contributed by atoms with Gasteiger partial charge in [-0.25, -0.2) is 8.42 Å². The Kier molecular flexibility index (Phi) is 4.10. The van der Waals surface area contributed by atoms with Crippen LogP contribution in [0.1, 0.15) is 44.9 Å². The zero-order chi connectivity index (χ0) is 14.2. The summed E-state index contributed by atoms with van der Waals surface area (Å²) in [7, 11) is -2.84. The van der Waals surface area contributed by atoms with E-state index in [9.17, 15) is 8.42 Å². The number of ether oxygens (including phenoxy) is 1. The van der Waals surface area contributed by atoms with Crippen LogP contribution in [0.25, 0.3) is 0 Å². The fraction of sp³-hybridized carbons (Fsp3) is 1.00. The van der Waals surface area contributed by atoms with E-state index in [-0.39, 0.29) is 17.6 Å². The molecule has 2 aliphatic heterocycles. The molecule has 3 N–H and O–H groups in total. The lowest BCUT2D eigenvalue weighted by Crippen LogP contribution is -2.51. The Labute approximate surface area is 121 Å². The number of nitrogens with two attached hydrogens (primary N) is 1. The highest BCUT2D eigenvalue weighted by atomic mass is 32.2. The van der Waals surface area contributed by atoms with Crippen LogP contribution in [0.15, 0.2) is 0 Å². The SMILES string of the molecule is NNC(C1CCOC2(CCCC2)C1)C1CCS(=O)(=O)C1. The van der Waals surface area contributed by atoms with Gasteiger partial charge in [0.15, 0.2) is 9.84 Å². The molecule has 2 saturated heterocycles. The van der Waals surface area contributed by atoms with Crippen molar-refractivity contribution in [3.63, 3.8) is 0 Å². The first-order chi connectivity index (χ1) is 9.54. The first-order valence-corrected chi connectivity index (χ1v) is 9.66. The van der Waals surface area contributed by atoms with Gasteiger partial charge in [0.05, 0.1) is 17.1 Å². The van der Waals surface area contributed by atoms with Crippen LogP contribution in [-0.4, -0.2) is 38.2 Å². The third-order valence-corrected chi connectivity index (χ3v) is 7.32. The number of nitrogens with one attached hydrogen (secondary N) is 1. The van der Waals surface area contributed by atoms with Gasteiger partial charge in [-0.3, -0.25) is 11.3 Å². The summed E-state index contributed by atoms with van der Waals surface area (Å²) < 4.78 is 29.5. The monoisotopic (exact) mass is 302 g/mol. The summed E-state index contributed by atoms with van der Waals surface area (Å²) in [6.07, 6.45) is 7.61. The van der Waals surface area contributed by atoms with Gasteiger partial charge < -0.3 is 4.74 Å². The van der Waals surface area contributed by atoms with Gasteiger partial charge >= 0.3 is 0 Å². The summed E-state index contributed by atoms with van der Waals surface area (Å²) in [4.78, 5) is 0. The van der Waals surface area contributed by atoms with E-state index in [0.717, 1.165) is 38.7 Å². The second-order valence-corrected chi connectivity index (χ2v) is 9.08. The van der Waals surface area contributed by atoms with Crippen molar-refractivity contribution in [1.29, 1.82) is 0 Å². The minimum atomic E-state index is -2.84. The lowest BCUT2D eigenvalue weighted by Gasteiger charge is -2.42. The highest BCUT2D eigenvalue weighted by Gasteiger charge is 2.45. The fourth-order valence-electron chi connectivity index (χ4n) is 4.50. The van der Waals surface area contributed by atoms with E-state index in [1.807, 2.05) is 0 Å². The molecule has 1 spiro atoms.